The SMILES string of the molecule is NC(=O)C(Cc1ccccc1)N(Cc1ccc(Br)cc1)Cc1cc(-c2ccccc2)on1. The lowest BCUT2D eigenvalue weighted by Gasteiger charge is -2.29. The fourth-order valence-electron chi connectivity index (χ4n) is 3.68. The average molecular weight is 490 g/mol. The Morgan fingerprint density at radius 1 is 0.906 bits per heavy atom. The summed E-state index contributed by atoms with van der Waals surface area (Å²) >= 11 is 3.48. The second kappa shape index (κ2) is 10.4. The van der Waals surface area contributed by atoms with Crippen molar-refractivity contribution in [3.05, 3.63) is 112 Å². The van der Waals surface area contributed by atoms with Gasteiger partial charge in [0.25, 0.3) is 0 Å². The maximum absolute atomic E-state index is 12.5. The van der Waals surface area contributed by atoms with E-state index in [1.165, 1.54) is 0 Å². The molecule has 0 saturated carbocycles. The van der Waals surface area contributed by atoms with E-state index in [2.05, 4.69) is 26.0 Å². The van der Waals surface area contributed by atoms with Crippen LogP contribution in [0.4, 0.5) is 0 Å². The van der Waals surface area contributed by atoms with Gasteiger partial charge in [-0.2, -0.15) is 0 Å². The van der Waals surface area contributed by atoms with Crippen LogP contribution in [-0.4, -0.2) is 22.0 Å². The third kappa shape index (κ3) is 5.72. The number of amides is 1. The molecule has 0 spiro atoms. The van der Waals surface area contributed by atoms with Gasteiger partial charge in [-0.1, -0.05) is 93.9 Å². The van der Waals surface area contributed by atoms with E-state index in [9.17, 15) is 4.79 Å². The highest BCUT2D eigenvalue weighted by Gasteiger charge is 2.26. The van der Waals surface area contributed by atoms with Crippen molar-refractivity contribution in [2.24, 2.45) is 5.73 Å². The van der Waals surface area contributed by atoms with E-state index in [0.29, 0.717) is 25.3 Å². The number of rotatable bonds is 9. The molecular formula is C26H24BrN3O2. The average Bonchev–Trinajstić information content (AvgIpc) is 3.28. The van der Waals surface area contributed by atoms with E-state index in [1.54, 1.807) is 0 Å². The summed E-state index contributed by atoms with van der Waals surface area (Å²) in [4.78, 5) is 14.6. The Balaban J connectivity index is 1.61. The molecule has 1 atom stereocenters. The number of nitrogens with two attached hydrogens (primary N) is 1. The zero-order chi connectivity index (χ0) is 22.3. The molecule has 1 heterocycles. The van der Waals surface area contributed by atoms with Gasteiger partial charge >= 0.3 is 0 Å². The number of primary amides is 1. The van der Waals surface area contributed by atoms with Gasteiger partial charge in [-0.05, 0) is 29.7 Å². The van der Waals surface area contributed by atoms with Gasteiger partial charge in [0.1, 0.15) is 0 Å². The Morgan fingerprint density at radius 3 is 2.22 bits per heavy atom. The fraction of sp³-hybridized carbons (Fsp3) is 0.154. The number of hydrogen-bond donors (Lipinski definition) is 1. The van der Waals surface area contributed by atoms with E-state index < -0.39 is 6.04 Å². The standard InChI is InChI=1S/C26H24BrN3O2/c27-22-13-11-20(12-14-22)17-30(24(26(28)31)15-19-7-3-1-4-8-19)18-23-16-25(32-29-23)21-9-5-2-6-10-21/h1-14,16,24H,15,17-18H2,(H2,28,31). The lowest BCUT2D eigenvalue weighted by molar-refractivity contribution is -0.123. The maximum atomic E-state index is 12.5. The number of carbonyl (C=O) groups is 1. The van der Waals surface area contributed by atoms with Crippen LogP contribution in [0.1, 0.15) is 16.8 Å². The van der Waals surface area contributed by atoms with E-state index in [-0.39, 0.29) is 5.91 Å². The largest absolute Gasteiger partial charge is 0.368 e. The van der Waals surface area contributed by atoms with Crippen molar-refractivity contribution in [2.45, 2.75) is 25.6 Å². The molecule has 0 bridgehead atoms. The molecule has 5 nitrogen and oxygen atoms in total. The van der Waals surface area contributed by atoms with Gasteiger partial charge in [0.05, 0.1) is 11.7 Å². The summed E-state index contributed by atoms with van der Waals surface area (Å²) in [5.41, 5.74) is 9.73. The molecule has 3 aromatic carbocycles. The predicted octanol–water partition coefficient (Wildman–Crippen LogP) is 5.20. The van der Waals surface area contributed by atoms with Crippen LogP contribution in [0.2, 0.25) is 0 Å². The minimum atomic E-state index is -0.488. The molecule has 1 aromatic heterocycles. The van der Waals surface area contributed by atoms with E-state index in [0.717, 1.165) is 26.9 Å². The second-order valence-corrected chi connectivity index (χ2v) is 8.60. The van der Waals surface area contributed by atoms with Crippen molar-refractivity contribution in [1.29, 1.82) is 0 Å². The van der Waals surface area contributed by atoms with Crippen LogP contribution >= 0.6 is 15.9 Å². The summed E-state index contributed by atoms with van der Waals surface area (Å²) in [5, 5.41) is 4.26. The van der Waals surface area contributed by atoms with Crippen molar-refractivity contribution >= 4 is 21.8 Å². The lowest BCUT2D eigenvalue weighted by atomic mass is 10.0. The minimum Gasteiger partial charge on any atom is -0.368 e. The first kappa shape index (κ1) is 22.0. The molecule has 162 valence electrons. The molecular weight excluding hydrogens is 466 g/mol. The maximum Gasteiger partial charge on any atom is 0.235 e. The molecule has 0 aliphatic carbocycles. The molecule has 4 rings (SSSR count). The molecule has 1 unspecified atom stereocenters. The Bertz CT molecular complexity index is 1140. The highest BCUT2D eigenvalue weighted by Crippen LogP contribution is 2.23. The van der Waals surface area contributed by atoms with Gasteiger partial charge in [-0.15, -0.1) is 0 Å². The van der Waals surface area contributed by atoms with Crippen molar-refractivity contribution < 1.29 is 9.32 Å². The first-order valence-corrected chi connectivity index (χ1v) is 11.2. The van der Waals surface area contributed by atoms with Crippen molar-refractivity contribution in [1.82, 2.24) is 10.1 Å². The van der Waals surface area contributed by atoms with E-state index in [4.69, 9.17) is 10.3 Å². The first-order chi connectivity index (χ1) is 15.6. The van der Waals surface area contributed by atoms with Crippen LogP contribution in [0.25, 0.3) is 11.3 Å². The fourth-order valence-corrected chi connectivity index (χ4v) is 3.94. The van der Waals surface area contributed by atoms with Gasteiger partial charge < -0.3 is 10.3 Å². The molecule has 6 heteroatoms. The number of halogens is 1. The zero-order valence-electron chi connectivity index (χ0n) is 17.5. The van der Waals surface area contributed by atoms with Crippen LogP contribution in [0.3, 0.4) is 0 Å². The molecule has 0 radical (unpaired) electrons. The van der Waals surface area contributed by atoms with Gasteiger partial charge in [0.2, 0.25) is 5.91 Å². The summed E-state index contributed by atoms with van der Waals surface area (Å²) in [7, 11) is 0. The first-order valence-electron chi connectivity index (χ1n) is 10.4. The summed E-state index contributed by atoms with van der Waals surface area (Å²) in [5.74, 6) is 0.334. The molecule has 0 aliphatic heterocycles. The van der Waals surface area contributed by atoms with Gasteiger partial charge in [0.15, 0.2) is 5.76 Å². The predicted molar refractivity (Wildman–Crippen MR) is 128 cm³/mol. The van der Waals surface area contributed by atoms with Crippen molar-refractivity contribution in [3.63, 3.8) is 0 Å². The highest BCUT2D eigenvalue weighted by atomic mass is 79.9. The summed E-state index contributed by atoms with van der Waals surface area (Å²) in [6, 6.07) is 29.2. The Morgan fingerprint density at radius 2 is 1.56 bits per heavy atom. The molecule has 0 fully saturated rings. The topological polar surface area (TPSA) is 72.4 Å². The number of nitrogens with zero attached hydrogens (tertiary/aromatic N) is 2. The third-order valence-corrected chi connectivity index (χ3v) is 5.85. The number of hydrogen-bond acceptors (Lipinski definition) is 4. The van der Waals surface area contributed by atoms with E-state index >= 15 is 0 Å². The number of benzene rings is 3. The van der Waals surface area contributed by atoms with Crippen LogP contribution in [0.5, 0.6) is 0 Å². The molecule has 0 saturated heterocycles. The molecule has 0 aliphatic rings. The quantitative estimate of drug-likeness (QED) is 0.350. The summed E-state index contributed by atoms with van der Waals surface area (Å²) in [6.45, 7) is 0.994. The lowest BCUT2D eigenvalue weighted by Crippen LogP contribution is -2.45. The molecule has 32 heavy (non-hydrogen) atoms. The highest BCUT2D eigenvalue weighted by molar-refractivity contribution is 9.10. The molecule has 2 N–H and O–H groups in total. The number of carbonyl (C=O) groups excluding carboxylic acids is 1. The Labute approximate surface area is 196 Å². The summed E-state index contributed by atoms with van der Waals surface area (Å²) < 4.78 is 6.58. The van der Waals surface area contributed by atoms with Crippen molar-refractivity contribution in [3.8, 4) is 11.3 Å². The summed E-state index contributed by atoms with van der Waals surface area (Å²) in [6.07, 6.45) is 0.524. The van der Waals surface area contributed by atoms with E-state index in [1.807, 2.05) is 91.0 Å². The van der Waals surface area contributed by atoms with Crippen LogP contribution in [0, 0.1) is 0 Å². The molecule has 4 aromatic rings. The zero-order valence-corrected chi connectivity index (χ0v) is 19.1. The van der Waals surface area contributed by atoms with Gasteiger partial charge in [-0.3, -0.25) is 9.69 Å². The Hall–Kier alpha value is -3.22. The van der Waals surface area contributed by atoms with Gasteiger partial charge in [-0.25, -0.2) is 0 Å². The third-order valence-electron chi connectivity index (χ3n) is 5.32. The van der Waals surface area contributed by atoms with Crippen LogP contribution in [-0.2, 0) is 24.3 Å². The van der Waals surface area contributed by atoms with Gasteiger partial charge in [0, 0.05) is 29.2 Å². The Kier molecular flexibility index (Phi) is 7.14. The van der Waals surface area contributed by atoms with Crippen LogP contribution in [0.15, 0.2) is 100.0 Å². The second-order valence-electron chi connectivity index (χ2n) is 7.69. The van der Waals surface area contributed by atoms with Crippen molar-refractivity contribution in [2.75, 3.05) is 0 Å². The minimum absolute atomic E-state index is 0.363. The smallest absolute Gasteiger partial charge is 0.235 e. The molecule has 1 amide bonds. The number of aromatic nitrogens is 1. The normalized spacial score (nSPS) is 12.1. The monoisotopic (exact) mass is 489 g/mol. The van der Waals surface area contributed by atoms with Crippen LogP contribution < -0.4 is 5.73 Å².